The molecular weight excluding hydrogens is 284 g/mol. The van der Waals surface area contributed by atoms with Gasteiger partial charge in [-0.25, -0.2) is 0 Å². The summed E-state index contributed by atoms with van der Waals surface area (Å²) in [5.41, 5.74) is 0.158. The zero-order valence-electron chi connectivity index (χ0n) is 13.9. The Morgan fingerprint density at radius 2 is 2.13 bits per heavy atom. The molecule has 2 saturated carbocycles. The van der Waals surface area contributed by atoms with E-state index < -0.39 is 5.60 Å². The van der Waals surface area contributed by atoms with Crippen molar-refractivity contribution >= 4 is 5.78 Å². The fraction of sp³-hybridized carbons (Fsp3) is 0.667. The van der Waals surface area contributed by atoms with Crippen LogP contribution < -0.4 is 0 Å². The minimum atomic E-state index is -1.07. The minimum absolute atomic E-state index is 0.172. The predicted molar refractivity (Wildman–Crippen MR) is 90.4 cm³/mol. The Bertz CT molecular complexity index is 637. The zero-order chi connectivity index (χ0) is 16.2. The molecule has 0 bridgehead atoms. The number of hydrogen-bond donors (Lipinski definition) is 1. The second-order valence-corrected chi connectivity index (χ2v) is 8.04. The van der Waals surface area contributed by atoms with Crippen molar-refractivity contribution in [2.45, 2.75) is 57.5 Å². The van der Waals surface area contributed by atoms with Gasteiger partial charge < -0.3 is 5.11 Å². The summed E-state index contributed by atoms with van der Waals surface area (Å²) in [5.74, 6) is 5.28. The topological polar surface area (TPSA) is 37.3 Å². The van der Waals surface area contributed by atoms with Gasteiger partial charge in [0.1, 0.15) is 5.60 Å². The second-order valence-electron chi connectivity index (χ2n) is 8.04. The van der Waals surface area contributed by atoms with Crippen LogP contribution in [0, 0.1) is 41.4 Å². The van der Waals surface area contributed by atoms with Gasteiger partial charge in [-0.1, -0.05) is 24.5 Å². The van der Waals surface area contributed by atoms with Crippen LogP contribution in [0.3, 0.4) is 0 Å². The summed E-state index contributed by atoms with van der Waals surface area (Å²) in [6, 6.07) is 0. The first kappa shape index (κ1) is 15.2. The molecule has 0 aromatic rings. The first-order chi connectivity index (χ1) is 11.0. The smallest absolute Gasteiger partial charge is 0.155 e. The van der Waals surface area contributed by atoms with Crippen molar-refractivity contribution in [3.63, 3.8) is 0 Å². The third-order valence-electron chi connectivity index (χ3n) is 7.54. The molecule has 0 aromatic heterocycles. The number of aliphatic hydroxyl groups is 1. The molecule has 6 atom stereocenters. The summed E-state index contributed by atoms with van der Waals surface area (Å²) in [6.45, 7) is 2.18. The average molecular weight is 310 g/mol. The predicted octanol–water partition coefficient (Wildman–Crippen LogP) is 3.66. The second kappa shape index (κ2) is 5.08. The number of carbonyl (C=O) groups excluding carboxylic acids is 1. The highest BCUT2D eigenvalue weighted by atomic mass is 16.3. The quantitative estimate of drug-likeness (QED) is 0.593. The van der Waals surface area contributed by atoms with Gasteiger partial charge in [-0.05, 0) is 74.3 Å². The van der Waals surface area contributed by atoms with Gasteiger partial charge in [0.2, 0.25) is 0 Å². The fourth-order valence-electron chi connectivity index (χ4n) is 6.38. The molecule has 122 valence electrons. The Morgan fingerprint density at radius 1 is 1.30 bits per heavy atom. The molecule has 1 N–H and O–H groups in total. The lowest BCUT2D eigenvalue weighted by Gasteiger charge is -2.55. The van der Waals surface area contributed by atoms with Crippen LogP contribution in [0.2, 0.25) is 0 Å². The van der Waals surface area contributed by atoms with Crippen molar-refractivity contribution in [3.05, 3.63) is 23.8 Å². The largest absolute Gasteiger partial charge is 0.373 e. The van der Waals surface area contributed by atoms with Crippen molar-refractivity contribution in [3.8, 4) is 12.3 Å². The van der Waals surface area contributed by atoms with Crippen LogP contribution >= 0.6 is 0 Å². The minimum Gasteiger partial charge on any atom is -0.373 e. The molecule has 0 unspecified atom stereocenters. The van der Waals surface area contributed by atoms with Gasteiger partial charge in [0, 0.05) is 11.8 Å². The standard InChI is InChI=1S/C21H26O2/c1-3-20-11-9-17-16-8-6-15(22)13-14(16)5-7-18(17)19(20)10-12-21(20,23)4-2/h2,10,12-13,16-19,23H,3,5-9,11H2,1H3/t16-,17-,18+,19-,20-,21+/m0/s1. The molecule has 0 heterocycles. The van der Waals surface area contributed by atoms with E-state index in [1.54, 1.807) is 0 Å². The average Bonchev–Trinajstić information content (AvgIpc) is 2.88. The first-order valence-electron chi connectivity index (χ1n) is 9.17. The van der Waals surface area contributed by atoms with E-state index in [1.165, 1.54) is 5.57 Å². The summed E-state index contributed by atoms with van der Waals surface area (Å²) >= 11 is 0. The van der Waals surface area contributed by atoms with Crippen LogP contribution in [0.1, 0.15) is 51.9 Å². The van der Waals surface area contributed by atoms with E-state index in [0.717, 1.165) is 38.5 Å². The summed E-state index contributed by atoms with van der Waals surface area (Å²) < 4.78 is 0. The molecule has 0 aliphatic heterocycles. The Balaban J connectivity index is 1.69. The van der Waals surface area contributed by atoms with Crippen LogP contribution in [0.5, 0.6) is 0 Å². The van der Waals surface area contributed by atoms with Crippen LogP contribution in [-0.4, -0.2) is 16.5 Å². The van der Waals surface area contributed by atoms with Crippen LogP contribution in [-0.2, 0) is 4.79 Å². The van der Waals surface area contributed by atoms with Crippen molar-refractivity contribution in [1.82, 2.24) is 0 Å². The van der Waals surface area contributed by atoms with E-state index in [0.29, 0.717) is 35.9 Å². The summed E-state index contributed by atoms with van der Waals surface area (Å²) in [7, 11) is 0. The van der Waals surface area contributed by atoms with Crippen molar-refractivity contribution < 1.29 is 9.90 Å². The molecular formula is C21H26O2. The van der Waals surface area contributed by atoms with Crippen LogP contribution in [0.15, 0.2) is 23.8 Å². The lowest BCUT2D eigenvalue weighted by atomic mass is 9.49. The van der Waals surface area contributed by atoms with Gasteiger partial charge in [-0.2, -0.15) is 0 Å². The summed E-state index contributed by atoms with van der Waals surface area (Å²) in [6.07, 6.45) is 18.8. The van der Waals surface area contributed by atoms with Crippen LogP contribution in [0.4, 0.5) is 0 Å². The van der Waals surface area contributed by atoms with Crippen molar-refractivity contribution in [2.75, 3.05) is 0 Å². The number of terminal acetylenes is 1. The number of ketones is 1. The molecule has 0 saturated heterocycles. The Kier molecular flexibility index (Phi) is 3.36. The maximum atomic E-state index is 11.7. The molecule has 0 amide bonds. The van der Waals surface area contributed by atoms with E-state index in [1.807, 2.05) is 12.2 Å². The van der Waals surface area contributed by atoms with E-state index in [2.05, 4.69) is 18.9 Å². The highest BCUT2D eigenvalue weighted by Gasteiger charge is 2.61. The molecule has 0 spiro atoms. The molecule has 4 aliphatic carbocycles. The number of fused-ring (bicyclic) bond motifs is 5. The van der Waals surface area contributed by atoms with E-state index in [4.69, 9.17) is 6.42 Å². The molecule has 4 aliphatic rings. The molecule has 23 heavy (non-hydrogen) atoms. The Labute approximate surface area is 139 Å². The number of carbonyl (C=O) groups is 1. The van der Waals surface area contributed by atoms with Crippen molar-refractivity contribution in [1.29, 1.82) is 0 Å². The summed E-state index contributed by atoms with van der Waals surface area (Å²) in [5, 5.41) is 11.0. The lowest BCUT2D eigenvalue weighted by Crippen LogP contribution is -2.54. The van der Waals surface area contributed by atoms with E-state index in [9.17, 15) is 9.90 Å². The molecule has 0 aromatic carbocycles. The molecule has 2 fully saturated rings. The Morgan fingerprint density at radius 3 is 2.87 bits per heavy atom. The third-order valence-corrected chi connectivity index (χ3v) is 7.54. The van der Waals surface area contributed by atoms with Gasteiger partial charge in [0.05, 0.1) is 0 Å². The molecule has 4 rings (SSSR count). The summed E-state index contributed by atoms with van der Waals surface area (Å²) in [4.78, 5) is 11.7. The zero-order valence-corrected chi connectivity index (χ0v) is 13.9. The monoisotopic (exact) mass is 310 g/mol. The number of rotatable bonds is 1. The van der Waals surface area contributed by atoms with Gasteiger partial charge in [-0.3, -0.25) is 4.79 Å². The number of allylic oxidation sites excluding steroid dienone is 3. The normalized spacial score (nSPS) is 48.0. The van der Waals surface area contributed by atoms with Gasteiger partial charge in [0.25, 0.3) is 0 Å². The van der Waals surface area contributed by atoms with Crippen molar-refractivity contribution in [2.24, 2.45) is 29.1 Å². The lowest BCUT2D eigenvalue weighted by molar-refractivity contribution is -0.116. The third kappa shape index (κ3) is 1.89. The highest BCUT2D eigenvalue weighted by Crippen LogP contribution is 2.63. The maximum absolute atomic E-state index is 11.7. The molecule has 0 radical (unpaired) electrons. The highest BCUT2D eigenvalue weighted by molar-refractivity contribution is 5.91. The van der Waals surface area contributed by atoms with E-state index in [-0.39, 0.29) is 5.41 Å². The SMILES string of the molecule is C#C[C@@]1(O)C=C[C@H]2[C@@H]3CCC4=CC(=O)CC[C@@H]4[C@@H]3CC[C@@]21CC. The van der Waals surface area contributed by atoms with E-state index >= 15 is 0 Å². The maximum Gasteiger partial charge on any atom is 0.155 e. The van der Waals surface area contributed by atoms with Gasteiger partial charge in [-0.15, -0.1) is 6.42 Å². The number of hydrogen-bond acceptors (Lipinski definition) is 2. The molecule has 2 heteroatoms. The van der Waals surface area contributed by atoms with Gasteiger partial charge >= 0.3 is 0 Å². The fourth-order valence-corrected chi connectivity index (χ4v) is 6.38. The van der Waals surface area contributed by atoms with Crippen LogP contribution in [0.25, 0.3) is 0 Å². The Hall–Kier alpha value is -1.33. The first-order valence-corrected chi connectivity index (χ1v) is 9.17. The van der Waals surface area contributed by atoms with Gasteiger partial charge in [0.15, 0.2) is 5.78 Å². The molecule has 2 nitrogen and oxygen atoms in total.